The minimum absolute atomic E-state index is 0.0529. The molecule has 0 amide bonds. The van der Waals surface area contributed by atoms with Gasteiger partial charge in [-0.25, -0.2) is 9.97 Å². The number of nitrogens with zero attached hydrogens (tertiary/aromatic N) is 5. The lowest BCUT2D eigenvalue weighted by Gasteiger charge is -2.34. The molecule has 0 bridgehead atoms. The van der Waals surface area contributed by atoms with Crippen LogP contribution in [-0.4, -0.2) is 80.9 Å². The third-order valence-corrected chi connectivity index (χ3v) is 5.99. The maximum absolute atomic E-state index is 13.9. The number of rotatable bonds is 6. The number of aromatic nitrogens is 3. The fourth-order valence-corrected chi connectivity index (χ4v) is 4.28. The summed E-state index contributed by atoms with van der Waals surface area (Å²) in [5, 5.41) is 9.31. The van der Waals surface area contributed by atoms with E-state index in [2.05, 4.69) is 19.8 Å². The van der Waals surface area contributed by atoms with Gasteiger partial charge in [0.05, 0.1) is 18.7 Å². The van der Waals surface area contributed by atoms with E-state index >= 15 is 0 Å². The van der Waals surface area contributed by atoms with Crippen LogP contribution >= 0.6 is 11.6 Å². The molecule has 12 heteroatoms. The van der Waals surface area contributed by atoms with Crippen LogP contribution in [0.1, 0.15) is 5.56 Å². The third kappa shape index (κ3) is 4.39. The molecule has 1 aliphatic heterocycles. The van der Waals surface area contributed by atoms with Crippen LogP contribution in [0.15, 0.2) is 24.5 Å². The summed E-state index contributed by atoms with van der Waals surface area (Å²) in [5.41, 5.74) is 1.24. The van der Waals surface area contributed by atoms with E-state index in [0.717, 1.165) is 42.6 Å². The number of hydrogen-bond acceptors (Lipinski definition) is 5. The van der Waals surface area contributed by atoms with Crippen LogP contribution in [0.3, 0.4) is 0 Å². The van der Waals surface area contributed by atoms with Gasteiger partial charge in [0.25, 0.3) is 0 Å². The lowest BCUT2D eigenvalue weighted by Crippen LogP contribution is -2.46. The van der Waals surface area contributed by atoms with Crippen LogP contribution in [-0.2, 0) is 13.1 Å². The SMILES string of the molecule is OCCN1CCN(Cc2ccc3c(c2)c2ncnc(Cl)c2n3CC(F)(F)C(F)(F)F)CC1. The number of β-amino-alcohol motifs (C(OH)–C–C–N with tert-alkyl or cyclic N) is 1. The molecule has 3 aromatic rings. The average Bonchev–Trinajstić information content (AvgIpc) is 3.03. The van der Waals surface area contributed by atoms with Crippen molar-refractivity contribution in [1.82, 2.24) is 24.3 Å². The van der Waals surface area contributed by atoms with Crippen LogP contribution in [0.4, 0.5) is 22.0 Å². The number of piperazine rings is 1. The molecule has 0 atom stereocenters. The van der Waals surface area contributed by atoms with Gasteiger partial charge in [-0.15, -0.1) is 0 Å². The summed E-state index contributed by atoms with van der Waals surface area (Å²) in [5.74, 6) is -4.95. The first-order valence-electron chi connectivity index (χ1n) is 10.0. The minimum Gasteiger partial charge on any atom is -0.395 e. The Bertz CT molecular complexity index is 1110. The molecule has 0 radical (unpaired) electrons. The number of aliphatic hydroxyl groups excluding tert-OH is 1. The molecule has 0 saturated carbocycles. The number of halogens is 6. The summed E-state index contributed by atoms with van der Waals surface area (Å²) < 4.78 is 67.3. The minimum atomic E-state index is -5.70. The predicted molar refractivity (Wildman–Crippen MR) is 110 cm³/mol. The topological polar surface area (TPSA) is 57.4 Å². The molecule has 1 N–H and O–H groups in total. The maximum Gasteiger partial charge on any atom is 0.455 e. The highest BCUT2D eigenvalue weighted by Gasteiger charge is 2.57. The van der Waals surface area contributed by atoms with E-state index in [0.29, 0.717) is 18.5 Å². The van der Waals surface area contributed by atoms with Gasteiger partial charge in [-0.1, -0.05) is 17.7 Å². The van der Waals surface area contributed by atoms with Crippen molar-refractivity contribution in [3.63, 3.8) is 0 Å². The molecular formula is C20H21ClF5N5O. The quantitative estimate of drug-likeness (QED) is 0.435. The van der Waals surface area contributed by atoms with Gasteiger partial charge in [-0.05, 0) is 17.7 Å². The monoisotopic (exact) mass is 477 g/mol. The summed E-state index contributed by atoms with van der Waals surface area (Å²) in [6.45, 7) is 2.94. The van der Waals surface area contributed by atoms with E-state index in [1.807, 2.05) is 0 Å². The van der Waals surface area contributed by atoms with E-state index in [1.165, 1.54) is 6.07 Å². The zero-order chi connectivity index (χ0) is 23.1. The summed E-state index contributed by atoms with van der Waals surface area (Å²) in [6.07, 6.45) is -4.54. The van der Waals surface area contributed by atoms with Crippen molar-refractivity contribution in [2.75, 3.05) is 39.3 Å². The van der Waals surface area contributed by atoms with Gasteiger partial charge >= 0.3 is 12.1 Å². The predicted octanol–water partition coefficient (Wildman–Crippen LogP) is 3.55. The van der Waals surface area contributed by atoms with Crippen molar-refractivity contribution < 1.29 is 27.1 Å². The normalized spacial score (nSPS) is 17.0. The molecule has 32 heavy (non-hydrogen) atoms. The van der Waals surface area contributed by atoms with E-state index in [-0.39, 0.29) is 28.3 Å². The Morgan fingerprint density at radius 3 is 2.34 bits per heavy atom. The molecule has 0 unspecified atom stereocenters. The largest absolute Gasteiger partial charge is 0.455 e. The van der Waals surface area contributed by atoms with Crippen molar-refractivity contribution in [2.45, 2.75) is 25.2 Å². The smallest absolute Gasteiger partial charge is 0.395 e. The van der Waals surface area contributed by atoms with E-state index in [4.69, 9.17) is 16.7 Å². The first-order valence-corrected chi connectivity index (χ1v) is 10.4. The van der Waals surface area contributed by atoms with Gasteiger partial charge in [0.15, 0.2) is 5.15 Å². The highest BCUT2D eigenvalue weighted by atomic mass is 35.5. The van der Waals surface area contributed by atoms with E-state index in [1.54, 1.807) is 12.1 Å². The average molecular weight is 478 g/mol. The van der Waals surface area contributed by atoms with Crippen molar-refractivity contribution in [3.05, 3.63) is 35.2 Å². The molecule has 1 aliphatic rings. The van der Waals surface area contributed by atoms with Gasteiger partial charge in [-0.3, -0.25) is 9.80 Å². The molecule has 0 aliphatic carbocycles. The van der Waals surface area contributed by atoms with Gasteiger partial charge in [-0.2, -0.15) is 22.0 Å². The number of fused-ring (bicyclic) bond motifs is 3. The van der Waals surface area contributed by atoms with Crippen LogP contribution < -0.4 is 0 Å². The molecule has 1 saturated heterocycles. The van der Waals surface area contributed by atoms with Crippen molar-refractivity contribution >= 4 is 33.5 Å². The Labute approximate surface area is 185 Å². The first-order chi connectivity index (χ1) is 15.1. The highest BCUT2D eigenvalue weighted by molar-refractivity contribution is 6.34. The van der Waals surface area contributed by atoms with Gasteiger partial charge in [0.2, 0.25) is 0 Å². The van der Waals surface area contributed by atoms with Gasteiger partial charge in [0, 0.05) is 44.7 Å². The fraction of sp³-hybridized carbons (Fsp3) is 0.500. The standard InChI is InChI=1S/C20H21ClF5N5O/c21-18-17-16(27-12-28-18)14-9-13(10-30-5-3-29(4-6-30)7-8-32)1-2-15(14)31(17)11-19(22,23)20(24,25)26/h1-2,9,12,32H,3-8,10-11H2. The Hall–Kier alpha value is -2.08. The van der Waals surface area contributed by atoms with Crippen LogP contribution in [0.2, 0.25) is 5.15 Å². The fourth-order valence-electron chi connectivity index (χ4n) is 4.04. The lowest BCUT2D eigenvalue weighted by atomic mass is 10.1. The molecule has 174 valence electrons. The van der Waals surface area contributed by atoms with Crippen molar-refractivity contribution in [3.8, 4) is 0 Å². The number of hydrogen-bond donors (Lipinski definition) is 1. The summed E-state index contributed by atoms with van der Waals surface area (Å²) >= 11 is 6.08. The summed E-state index contributed by atoms with van der Waals surface area (Å²) in [7, 11) is 0. The molecule has 2 aromatic heterocycles. The van der Waals surface area contributed by atoms with E-state index in [9.17, 15) is 22.0 Å². The molecule has 4 rings (SSSR count). The Kier molecular flexibility index (Phi) is 6.27. The second-order valence-electron chi connectivity index (χ2n) is 7.84. The molecule has 0 spiro atoms. The van der Waals surface area contributed by atoms with Gasteiger partial charge in [0.1, 0.15) is 17.4 Å². The molecular weight excluding hydrogens is 457 g/mol. The Balaban J connectivity index is 1.68. The summed E-state index contributed by atoms with van der Waals surface area (Å²) in [6, 6.07) is 4.99. The number of benzene rings is 1. The zero-order valence-electron chi connectivity index (χ0n) is 16.9. The van der Waals surface area contributed by atoms with E-state index < -0.39 is 18.6 Å². The molecule has 1 fully saturated rings. The lowest BCUT2D eigenvalue weighted by molar-refractivity contribution is -0.286. The maximum atomic E-state index is 13.9. The van der Waals surface area contributed by atoms with Crippen LogP contribution in [0, 0.1) is 0 Å². The first kappa shape index (κ1) is 23.1. The highest BCUT2D eigenvalue weighted by Crippen LogP contribution is 2.40. The second kappa shape index (κ2) is 8.69. The number of aliphatic hydroxyl groups is 1. The third-order valence-electron chi connectivity index (χ3n) is 5.71. The van der Waals surface area contributed by atoms with Crippen LogP contribution in [0.5, 0.6) is 0 Å². The van der Waals surface area contributed by atoms with Crippen LogP contribution in [0.25, 0.3) is 21.9 Å². The molecule has 1 aromatic carbocycles. The second-order valence-corrected chi connectivity index (χ2v) is 8.20. The Morgan fingerprint density at radius 1 is 1.00 bits per heavy atom. The zero-order valence-corrected chi connectivity index (χ0v) is 17.7. The van der Waals surface area contributed by atoms with Gasteiger partial charge < -0.3 is 9.67 Å². The number of alkyl halides is 5. The van der Waals surface area contributed by atoms with Crippen molar-refractivity contribution in [2.24, 2.45) is 0 Å². The van der Waals surface area contributed by atoms with Crippen molar-refractivity contribution in [1.29, 1.82) is 0 Å². The Morgan fingerprint density at radius 2 is 1.69 bits per heavy atom. The molecule has 3 heterocycles. The summed E-state index contributed by atoms with van der Waals surface area (Å²) in [4.78, 5) is 12.3. The molecule has 6 nitrogen and oxygen atoms in total.